The normalized spacial score (nSPS) is 12.3. The number of unbranched alkanes of at least 4 members (excludes halogenated alkanes) is 1. The molecule has 1 aliphatic rings. The van der Waals surface area contributed by atoms with Crippen molar-refractivity contribution in [2.75, 3.05) is 49.8 Å². The molecule has 41 heavy (non-hydrogen) atoms. The SMILES string of the molecule is CCOc1cc(C(=O)Nc2ccc3c(c2)N(CCCCOc2ccccc2C)C(=O)CO3)cc(OCC)c1OCC. The summed E-state index contributed by atoms with van der Waals surface area (Å²) in [5.41, 5.74) is 2.60. The van der Waals surface area contributed by atoms with Gasteiger partial charge in [-0.05, 0) is 82.5 Å². The van der Waals surface area contributed by atoms with Gasteiger partial charge >= 0.3 is 0 Å². The predicted octanol–water partition coefficient (Wildman–Crippen LogP) is 6.03. The number of carbonyl (C=O) groups excluding carboxylic acids is 2. The number of aryl methyl sites for hydroxylation is 1. The third-order valence-electron chi connectivity index (χ3n) is 6.46. The van der Waals surface area contributed by atoms with Crippen LogP contribution in [0.25, 0.3) is 0 Å². The minimum absolute atomic E-state index is 0.0228. The number of nitrogens with zero attached hydrogens (tertiary/aromatic N) is 1. The Bertz CT molecular complexity index is 1330. The number of rotatable bonds is 14. The number of hydrogen-bond acceptors (Lipinski definition) is 7. The third-order valence-corrected chi connectivity index (χ3v) is 6.46. The maximum Gasteiger partial charge on any atom is 0.265 e. The monoisotopic (exact) mass is 562 g/mol. The number of amides is 2. The van der Waals surface area contributed by atoms with Gasteiger partial charge in [-0.1, -0.05) is 18.2 Å². The first kappa shape index (κ1) is 29.6. The maximum atomic E-state index is 13.3. The van der Waals surface area contributed by atoms with Crippen LogP contribution in [0, 0.1) is 6.92 Å². The Morgan fingerprint density at radius 3 is 2.27 bits per heavy atom. The van der Waals surface area contributed by atoms with Crippen LogP contribution in [0.4, 0.5) is 11.4 Å². The molecule has 218 valence electrons. The van der Waals surface area contributed by atoms with E-state index in [4.69, 9.17) is 23.7 Å². The van der Waals surface area contributed by atoms with Gasteiger partial charge in [-0.3, -0.25) is 9.59 Å². The lowest BCUT2D eigenvalue weighted by atomic mass is 10.1. The molecule has 0 aliphatic carbocycles. The highest BCUT2D eigenvalue weighted by molar-refractivity contribution is 6.06. The highest BCUT2D eigenvalue weighted by Gasteiger charge is 2.26. The van der Waals surface area contributed by atoms with Crippen LogP contribution in [-0.2, 0) is 4.79 Å². The quantitative estimate of drug-likeness (QED) is 0.240. The van der Waals surface area contributed by atoms with Crippen LogP contribution in [0.5, 0.6) is 28.7 Å². The van der Waals surface area contributed by atoms with E-state index in [1.807, 2.05) is 52.0 Å². The smallest absolute Gasteiger partial charge is 0.265 e. The Balaban J connectivity index is 1.46. The Kier molecular flexibility index (Phi) is 10.3. The van der Waals surface area contributed by atoms with Crippen LogP contribution < -0.4 is 33.9 Å². The fourth-order valence-electron chi connectivity index (χ4n) is 4.52. The number of carbonyl (C=O) groups is 2. The Morgan fingerprint density at radius 2 is 1.59 bits per heavy atom. The topological polar surface area (TPSA) is 95.6 Å². The van der Waals surface area contributed by atoms with Gasteiger partial charge in [-0.25, -0.2) is 0 Å². The van der Waals surface area contributed by atoms with Crippen molar-refractivity contribution in [2.45, 2.75) is 40.5 Å². The number of ether oxygens (including phenoxy) is 5. The van der Waals surface area contributed by atoms with Gasteiger partial charge in [-0.15, -0.1) is 0 Å². The summed E-state index contributed by atoms with van der Waals surface area (Å²) < 4.78 is 28.8. The Hall–Kier alpha value is -4.40. The fourth-order valence-corrected chi connectivity index (χ4v) is 4.52. The van der Waals surface area contributed by atoms with Crippen LogP contribution in [0.3, 0.4) is 0 Å². The van der Waals surface area contributed by atoms with E-state index < -0.39 is 0 Å². The molecule has 0 saturated heterocycles. The van der Waals surface area contributed by atoms with Crippen molar-refractivity contribution in [3.05, 3.63) is 65.7 Å². The van der Waals surface area contributed by atoms with Crippen molar-refractivity contribution in [3.63, 3.8) is 0 Å². The lowest BCUT2D eigenvalue weighted by molar-refractivity contribution is -0.121. The van der Waals surface area contributed by atoms with E-state index in [0.29, 0.717) is 72.9 Å². The molecule has 3 aromatic rings. The zero-order valence-corrected chi connectivity index (χ0v) is 24.2. The summed E-state index contributed by atoms with van der Waals surface area (Å²) in [4.78, 5) is 27.8. The van der Waals surface area contributed by atoms with Crippen molar-refractivity contribution in [3.8, 4) is 28.7 Å². The second-order valence-corrected chi connectivity index (χ2v) is 9.39. The number of fused-ring (bicyclic) bond motifs is 1. The summed E-state index contributed by atoms with van der Waals surface area (Å²) in [6, 6.07) is 16.5. The first-order valence-electron chi connectivity index (χ1n) is 14.1. The Morgan fingerprint density at radius 1 is 0.878 bits per heavy atom. The van der Waals surface area contributed by atoms with E-state index in [1.54, 1.807) is 35.2 Å². The molecule has 2 amide bonds. The van der Waals surface area contributed by atoms with Gasteiger partial charge in [-0.2, -0.15) is 0 Å². The summed E-state index contributed by atoms with van der Waals surface area (Å²) in [5, 5.41) is 2.93. The molecule has 9 nitrogen and oxygen atoms in total. The molecule has 1 heterocycles. The molecule has 1 aliphatic heterocycles. The minimum atomic E-state index is -0.349. The number of hydrogen-bond donors (Lipinski definition) is 1. The van der Waals surface area contributed by atoms with Crippen molar-refractivity contribution in [2.24, 2.45) is 0 Å². The molecule has 1 N–H and O–H groups in total. The summed E-state index contributed by atoms with van der Waals surface area (Å²) in [7, 11) is 0. The standard InChI is InChI=1S/C32H38N2O7/c1-5-37-28-18-23(19-29(38-6-2)31(28)39-7-3)32(36)33-24-14-15-27-25(20-24)34(30(35)21-41-27)16-10-11-17-40-26-13-9-8-12-22(26)4/h8-9,12-15,18-20H,5-7,10-11,16-17,21H2,1-4H3,(H,33,36). The Labute approximate surface area is 241 Å². The molecule has 3 aromatic carbocycles. The summed E-state index contributed by atoms with van der Waals surface area (Å²) >= 11 is 0. The zero-order valence-electron chi connectivity index (χ0n) is 24.2. The average molecular weight is 563 g/mol. The van der Waals surface area contributed by atoms with Crippen LogP contribution in [0.15, 0.2) is 54.6 Å². The lowest BCUT2D eigenvalue weighted by Gasteiger charge is -2.30. The van der Waals surface area contributed by atoms with Gasteiger partial charge in [0.25, 0.3) is 11.8 Å². The predicted molar refractivity (Wildman–Crippen MR) is 158 cm³/mol. The van der Waals surface area contributed by atoms with Crippen LogP contribution in [0.2, 0.25) is 0 Å². The van der Waals surface area contributed by atoms with E-state index >= 15 is 0 Å². The first-order valence-corrected chi connectivity index (χ1v) is 14.1. The molecular formula is C32H38N2O7. The van der Waals surface area contributed by atoms with Gasteiger partial charge < -0.3 is 33.9 Å². The number of nitrogens with one attached hydrogen (secondary N) is 1. The van der Waals surface area contributed by atoms with E-state index in [2.05, 4.69) is 5.32 Å². The minimum Gasteiger partial charge on any atom is -0.493 e. The molecule has 0 saturated carbocycles. The van der Waals surface area contributed by atoms with Crippen molar-refractivity contribution in [1.82, 2.24) is 0 Å². The molecular weight excluding hydrogens is 524 g/mol. The zero-order chi connectivity index (χ0) is 29.2. The molecule has 0 atom stereocenters. The second kappa shape index (κ2) is 14.3. The highest BCUT2D eigenvalue weighted by Crippen LogP contribution is 2.40. The molecule has 0 aromatic heterocycles. The van der Waals surface area contributed by atoms with E-state index in [0.717, 1.165) is 24.2 Å². The van der Waals surface area contributed by atoms with Gasteiger partial charge in [0.15, 0.2) is 18.1 Å². The van der Waals surface area contributed by atoms with Gasteiger partial charge in [0.05, 0.1) is 32.1 Å². The maximum absolute atomic E-state index is 13.3. The fraction of sp³-hybridized carbons (Fsp3) is 0.375. The largest absolute Gasteiger partial charge is 0.493 e. The number of para-hydroxylation sites is 1. The van der Waals surface area contributed by atoms with Gasteiger partial charge in [0.2, 0.25) is 5.75 Å². The van der Waals surface area contributed by atoms with Gasteiger partial charge in [0, 0.05) is 17.8 Å². The van der Waals surface area contributed by atoms with Gasteiger partial charge in [0.1, 0.15) is 11.5 Å². The molecule has 0 bridgehead atoms. The van der Waals surface area contributed by atoms with Crippen LogP contribution >= 0.6 is 0 Å². The van der Waals surface area contributed by atoms with E-state index in [1.165, 1.54) is 0 Å². The first-order chi connectivity index (χ1) is 19.9. The highest BCUT2D eigenvalue weighted by atomic mass is 16.5. The van der Waals surface area contributed by atoms with Crippen LogP contribution in [0.1, 0.15) is 49.5 Å². The number of benzene rings is 3. The van der Waals surface area contributed by atoms with E-state index in [9.17, 15) is 9.59 Å². The van der Waals surface area contributed by atoms with Crippen molar-refractivity contribution < 1.29 is 33.3 Å². The average Bonchev–Trinajstić information content (AvgIpc) is 2.96. The summed E-state index contributed by atoms with van der Waals surface area (Å²) in [6.07, 6.45) is 1.53. The number of anilines is 2. The van der Waals surface area contributed by atoms with E-state index in [-0.39, 0.29) is 18.4 Å². The molecule has 0 spiro atoms. The molecule has 9 heteroatoms. The summed E-state index contributed by atoms with van der Waals surface area (Å²) in [5.74, 6) is 2.33. The van der Waals surface area contributed by atoms with Crippen molar-refractivity contribution >= 4 is 23.2 Å². The van der Waals surface area contributed by atoms with Crippen molar-refractivity contribution in [1.29, 1.82) is 0 Å². The molecule has 4 rings (SSSR count). The molecule has 0 radical (unpaired) electrons. The summed E-state index contributed by atoms with van der Waals surface area (Å²) in [6.45, 7) is 9.90. The molecule has 0 fully saturated rings. The molecule has 0 unspecified atom stereocenters. The third kappa shape index (κ3) is 7.42. The van der Waals surface area contributed by atoms with Crippen LogP contribution in [-0.4, -0.2) is 51.4 Å². The second-order valence-electron chi connectivity index (χ2n) is 9.39. The lowest BCUT2D eigenvalue weighted by Crippen LogP contribution is -2.39.